The van der Waals surface area contributed by atoms with E-state index < -0.39 is 5.60 Å². The van der Waals surface area contributed by atoms with Gasteiger partial charge in [-0.25, -0.2) is 4.79 Å². The summed E-state index contributed by atoms with van der Waals surface area (Å²) in [7, 11) is 0. The van der Waals surface area contributed by atoms with E-state index >= 15 is 0 Å². The number of carbonyl (C=O) groups excluding carboxylic acids is 1. The van der Waals surface area contributed by atoms with Gasteiger partial charge < -0.3 is 20.1 Å². The van der Waals surface area contributed by atoms with Crippen LogP contribution in [0.2, 0.25) is 0 Å². The molecule has 1 amide bonds. The minimum atomic E-state index is -0.430. The molecule has 5 heteroatoms. The van der Waals surface area contributed by atoms with Crippen molar-refractivity contribution in [2.45, 2.75) is 57.7 Å². The van der Waals surface area contributed by atoms with E-state index in [0.29, 0.717) is 24.5 Å². The number of hydrogen-bond acceptors (Lipinski definition) is 4. The van der Waals surface area contributed by atoms with Crippen molar-refractivity contribution in [1.82, 2.24) is 10.6 Å². The Hall–Kier alpha value is -0.810. The van der Waals surface area contributed by atoms with Crippen molar-refractivity contribution in [3.05, 3.63) is 0 Å². The molecule has 2 aliphatic rings. The second-order valence-electron chi connectivity index (χ2n) is 6.58. The molecule has 0 aromatic carbocycles. The lowest BCUT2D eigenvalue weighted by Crippen LogP contribution is -2.52. The van der Waals surface area contributed by atoms with E-state index in [9.17, 15) is 4.79 Å². The zero-order valence-electron chi connectivity index (χ0n) is 12.2. The maximum atomic E-state index is 11.6. The Morgan fingerprint density at radius 1 is 1.32 bits per heavy atom. The number of ether oxygens (including phenoxy) is 2. The molecule has 5 nitrogen and oxygen atoms in total. The van der Waals surface area contributed by atoms with Crippen molar-refractivity contribution in [3.63, 3.8) is 0 Å². The first-order valence-electron chi connectivity index (χ1n) is 7.25. The Kier molecular flexibility index (Phi) is 4.68. The Morgan fingerprint density at radius 3 is 2.63 bits per heavy atom. The van der Waals surface area contributed by atoms with Crippen LogP contribution in [0.4, 0.5) is 4.79 Å². The fourth-order valence-corrected chi connectivity index (χ4v) is 2.66. The molecule has 2 unspecified atom stereocenters. The van der Waals surface area contributed by atoms with Crippen LogP contribution in [0.3, 0.4) is 0 Å². The molecular weight excluding hydrogens is 244 g/mol. The summed E-state index contributed by atoms with van der Waals surface area (Å²) in [5, 5.41) is 6.51. The third-order valence-electron chi connectivity index (χ3n) is 3.65. The molecule has 1 saturated heterocycles. The average Bonchev–Trinajstić information content (AvgIpc) is 2.65. The predicted octanol–water partition coefficient (Wildman–Crippen LogP) is 1.67. The number of nitrogens with one attached hydrogen (secondary N) is 2. The lowest BCUT2D eigenvalue weighted by molar-refractivity contribution is -0.0120. The molecule has 2 atom stereocenters. The van der Waals surface area contributed by atoms with Gasteiger partial charge >= 0.3 is 6.09 Å². The molecule has 2 rings (SSSR count). The van der Waals surface area contributed by atoms with Crippen molar-refractivity contribution in [2.75, 3.05) is 19.8 Å². The zero-order valence-corrected chi connectivity index (χ0v) is 12.2. The molecular formula is C14H26N2O3. The van der Waals surface area contributed by atoms with Crippen LogP contribution in [0.15, 0.2) is 0 Å². The highest BCUT2D eigenvalue weighted by Gasteiger charge is 2.31. The Bertz CT molecular complexity index is 310. The predicted molar refractivity (Wildman–Crippen MR) is 73.1 cm³/mol. The van der Waals surface area contributed by atoms with Gasteiger partial charge in [0, 0.05) is 12.6 Å². The SMILES string of the molecule is CC(C)(C)OC(=O)NCC1CCCC1NC1COC1. The van der Waals surface area contributed by atoms with Crippen LogP contribution < -0.4 is 10.6 Å². The number of amides is 1. The standard InChI is InChI=1S/C14H26N2O3/c1-14(2,3)19-13(17)15-7-10-5-4-6-12(10)16-11-8-18-9-11/h10-12,16H,4-9H2,1-3H3,(H,15,17). The van der Waals surface area contributed by atoms with Gasteiger partial charge in [0.1, 0.15) is 5.60 Å². The van der Waals surface area contributed by atoms with E-state index in [-0.39, 0.29) is 6.09 Å². The quantitative estimate of drug-likeness (QED) is 0.816. The highest BCUT2D eigenvalue weighted by Crippen LogP contribution is 2.26. The largest absolute Gasteiger partial charge is 0.444 e. The van der Waals surface area contributed by atoms with E-state index in [0.717, 1.165) is 13.2 Å². The smallest absolute Gasteiger partial charge is 0.407 e. The third kappa shape index (κ3) is 4.66. The van der Waals surface area contributed by atoms with E-state index in [2.05, 4.69) is 10.6 Å². The van der Waals surface area contributed by atoms with Crippen LogP contribution in [0.25, 0.3) is 0 Å². The molecule has 2 fully saturated rings. The molecule has 1 heterocycles. The molecule has 0 radical (unpaired) electrons. The maximum absolute atomic E-state index is 11.6. The lowest BCUT2D eigenvalue weighted by atomic mass is 10.0. The van der Waals surface area contributed by atoms with Gasteiger partial charge in [0.25, 0.3) is 0 Å². The number of hydrogen-bond donors (Lipinski definition) is 2. The van der Waals surface area contributed by atoms with Crippen molar-refractivity contribution >= 4 is 6.09 Å². The van der Waals surface area contributed by atoms with Gasteiger partial charge in [-0.1, -0.05) is 6.42 Å². The highest BCUT2D eigenvalue weighted by atomic mass is 16.6. The summed E-state index contributed by atoms with van der Waals surface area (Å²) >= 11 is 0. The second-order valence-corrected chi connectivity index (χ2v) is 6.58. The first-order valence-corrected chi connectivity index (χ1v) is 7.25. The van der Waals surface area contributed by atoms with Crippen LogP contribution in [-0.2, 0) is 9.47 Å². The first-order chi connectivity index (χ1) is 8.94. The molecule has 19 heavy (non-hydrogen) atoms. The van der Waals surface area contributed by atoms with Gasteiger partial charge in [-0.15, -0.1) is 0 Å². The molecule has 2 N–H and O–H groups in total. The number of alkyl carbamates (subject to hydrolysis) is 1. The van der Waals surface area contributed by atoms with Crippen molar-refractivity contribution < 1.29 is 14.3 Å². The zero-order chi connectivity index (χ0) is 13.9. The summed E-state index contributed by atoms with van der Waals surface area (Å²) < 4.78 is 10.4. The summed E-state index contributed by atoms with van der Waals surface area (Å²) in [5.74, 6) is 0.508. The Morgan fingerprint density at radius 2 is 2.05 bits per heavy atom. The topological polar surface area (TPSA) is 59.6 Å². The molecule has 1 saturated carbocycles. The first kappa shape index (κ1) is 14.6. The van der Waals surface area contributed by atoms with E-state index in [4.69, 9.17) is 9.47 Å². The molecule has 1 aliphatic carbocycles. The molecule has 0 spiro atoms. The Balaban J connectivity index is 1.70. The Labute approximate surface area is 115 Å². The molecule has 0 bridgehead atoms. The maximum Gasteiger partial charge on any atom is 0.407 e. The van der Waals surface area contributed by atoms with E-state index in [1.54, 1.807) is 0 Å². The average molecular weight is 270 g/mol. The van der Waals surface area contributed by atoms with Crippen LogP contribution in [-0.4, -0.2) is 43.5 Å². The van der Waals surface area contributed by atoms with E-state index in [1.807, 2.05) is 20.8 Å². The van der Waals surface area contributed by atoms with Gasteiger partial charge in [0.15, 0.2) is 0 Å². The molecule has 0 aromatic heterocycles. The van der Waals surface area contributed by atoms with Gasteiger partial charge in [0.2, 0.25) is 0 Å². The third-order valence-corrected chi connectivity index (χ3v) is 3.65. The van der Waals surface area contributed by atoms with Crippen molar-refractivity contribution in [2.24, 2.45) is 5.92 Å². The normalized spacial score (nSPS) is 27.9. The van der Waals surface area contributed by atoms with Crippen LogP contribution in [0, 0.1) is 5.92 Å². The molecule has 0 aromatic rings. The minimum Gasteiger partial charge on any atom is -0.444 e. The van der Waals surface area contributed by atoms with Gasteiger partial charge in [-0.05, 0) is 39.5 Å². The summed E-state index contributed by atoms with van der Waals surface area (Å²) in [6, 6.07) is 1.01. The summed E-state index contributed by atoms with van der Waals surface area (Å²) in [4.78, 5) is 11.6. The van der Waals surface area contributed by atoms with E-state index in [1.165, 1.54) is 19.3 Å². The highest BCUT2D eigenvalue weighted by molar-refractivity contribution is 5.67. The van der Waals surface area contributed by atoms with Gasteiger partial charge in [0.05, 0.1) is 19.3 Å². The number of rotatable bonds is 4. The van der Waals surface area contributed by atoms with Gasteiger partial charge in [-0.2, -0.15) is 0 Å². The summed E-state index contributed by atoms with van der Waals surface area (Å²) in [5.41, 5.74) is -0.430. The molecule has 1 aliphatic heterocycles. The van der Waals surface area contributed by atoms with Crippen molar-refractivity contribution in [3.8, 4) is 0 Å². The van der Waals surface area contributed by atoms with Crippen LogP contribution in [0.5, 0.6) is 0 Å². The molecule has 110 valence electrons. The van der Waals surface area contributed by atoms with Crippen molar-refractivity contribution in [1.29, 1.82) is 0 Å². The summed E-state index contributed by atoms with van der Waals surface area (Å²) in [6.07, 6.45) is 3.27. The minimum absolute atomic E-state index is 0.315. The lowest BCUT2D eigenvalue weighted by Gasteiger charge is -2.32. The summed E-state index contributed by atoms with van der Waals surface area (Å²) in [6.45, 7) is 7.97. The fourth-order valence-electron chi connectivity index (χ4n) is 2.66. The van der Waals surface area contributed by atoms with Crippen LogP contribution >= 0.6 is 0 Å². The number of carbonyl (C=O) groups is 1. The monoisotopic (exact) mass is 270 g/mol. The fraction of sp³-hybridized carbons (Fsp3) is 0.929. The van der Waals surface area contributed by atoms with Gasteiger partial charge in [-0.3, -0.25) is 0 Å². The second kappa shape index (κ2) is 6.09. The van der Waals surface area contributed by atoms with Crippen LogP contribution in [0.1, 0.15) is 40.0 Å².